The number of aryl methyl sites for hydroxylation is 1. The van der Waals surface area contributed by atoms with Gasteiger partial charge in [-0.25, -0.2) is 4.79 Å². The van der Waals surface area contributed by atoms with Gasteiger partial charge >= 0.3 is 5.97 Å². The van der Waals surface area contributed by atoms with Crippen LogP contribution in [0, 0.1) is 0 Å². The predicted molar refractivity (Wildman–Crippen MR) is 92.1 cm³/mol. The lowest BCUT2D eigenvalue weighted by molar-refractivity contribution is 0.0600. The molecule has 2 rings (SSSR count). The van der Waals surface area contributed by atoms with Crippen LogP contribution in [-0.4, -0.2) is 13.1 Å². The van der Waals surface area contributed by atoms with Gasteiger partial charge in [-0.3, -0.25) is 0 Å². The molecule has 23 heavy (non-hydrogen) atoms. The number of esters is 1. The lowest BCUT2D eigenvalue weighted by atomic mass is 10.1. The molecule has 0 atom stereocenters. The molecule has 2 aromatic carbocycles. The van der Waals surface area contributed by atoms with Crippen molar-refractivity contribution in [3.05, 3.63) is 59.7 Å². The largest absolute Gasteiger partial charge is 0.465 e. The maximum Gasteiger partial charge on any atom is 0.337 e. The van der Waals surface area contributed by atoms with Crippen molar-refractivity contribution in [2.45, 2.75) is 39.0 Å². The second-order valence-corrected chi connectivity index (χ2v) is 5.57. The van der Waals surface area contributed by atoms with Gasteiger partial charge in [-0.1, -0.05) is 38.3 Å². The van der Waals surface area contributed by atoms with Gasteiger partial charge in [0.1, 0.15) is 11.5 Å². The second-order valence-electron chi connectivity index (χ2n) is 5.57. The number of ether oxygens (including phenoxy) is 2. The maximum absolute atomic E-state index is 11.4. The lowest BCUT2D eigenvalue weighted by Gasteiger charge is -2.07. The summed E-state index contributed by atoms with van der Waals surface area (Å²) >= 11 is 0. The number of carbonyl (C=O) groups is 1. The van der Waals surface area contributed by atoms with E-state index in [0.29, 0.717) is 11.3 Å². The highest BCUT2D eigenvalue weighted by Crippen LogP contribution is 2.22. The fourth-order valence-electron chi connectivity index (χ4n) is 2.39. The van der Waals surface area contributed by atoms with Crippen LogP contribution in [0.1, 0.15) is 48.5 Å². The van der Waals surface area contributed by atoms with Gasteiger partial charge in [-0.05, 0) is 54.8 Å². The smallest absolute Gasteiger partial charge is 0.337 e. The Kier molecular flexibility index (Phi) is 6.67. The summed E-state index contributed by atoms with van der Waals surface area (Å²) in [7, 11) is 1.37. The molecule has 0 bridgehead atoms. The quantitative estimate of drug-likeness (QED) is 0.484. The molecule has 0 aromatic heterocycles. The van der Waals surface area contributed by atoms with Crippen molar-refractivity contribution in [2.75, 3.05) is 7.11 Å². The summed E-state index contributed by atoms with van der Waals surface area (Å²) in [6.07, 6.45) is 6.22. The normalized spacial score (nSPS) is 10.3. The van der Waals surface area contributed by atoms with E-state index in [-0.39, 0.29) is 5.97 Å². The van der Waals surface area contributed by atoms with Crippen molar-refractivity contribution in [1.29, 1.82) is 0 Å². The van der Waals surface area contributed by atoms with Crippen LogP contribution in [0.5, 0.6) is 11.5 Å². The molecular weight excluding hydrogens is 288 g/mol. The van der Waals surface area contributed by atoms with Crippen LogP contribution in [0.4, 0.5) is 0 Å². The van der Waals surface area contributed by atoms with Crippen LogP contribution in [-0.2, 0) is 11.2 Å². The molecule has 3 heteroatoms. The molecule has 0 aliphatic heterocycles. The third-order valence-corrected chi connectivity index (χ3v) is 3.75. The van der Waals surface area contributed by atoms with Crippen LogP contribution in [0.2, 0.25) is 0 Å². The summed E-state index contributed by atoms with van der Waals surface area (Å²) in [5.41, 5.74) is 1.86. The molecule has 0 aliphatic carbocycles. The van der Waals surface area contributed by atoms with E-state index in [9.17, 15) is 4.79 Å². The average Bonchev–Trinajstić information content (AvgIpc) is 2.60. The summed E-state index contributed by atoms with van der Waals surface area (Å²) in [5.74, 6) is 1.16. The minimum atomic E-state index is -0.344. The van der Waals surface area contributed by atoms with Crippen LogP contribution in [0.3, 0.4) is 0 Å². The van der Waals surface area contributed by atoms with E-state index in [1.165, 1.54) is 38.4 Å². The second kappa shape index (κ2) is 8.99. The molecule has 0 spiro atoms. The highest BCUT2D eigenvalue weighted by molar-refractivity contribution is 5.89. The molecule has 3 nitrogen and oxygen atoms in total. The standard InChI is InChI=1S/C20H24O3/c1-3-4-5-6-7-16-8-12-18(13-9-16)23-19-14-10-17(11-15-19)20(21)22-2/h8-15H,3-7H2,1-2H3. The zero-order valence-electron chi connectivity index (χ0n) is 13.9. The summed E-state index contributed by atoms with van der Waals surface area (Å²) < 4.78 is 10.5. The summed E-state index contributed by atoms with van der Waals surface area (Å²) in [5, 5.41) is 0. The van der Waals surface area contributed by atoms with E-state index < -0.39 is 0 Å². The highest BCUT2D eigenvalue weighted by atomic mass is 16.5. The monoisotopic (exact) mass is 312 g/mol. The Labute approximate surface area is 138 Å². The molecule has 0 saturated carbocycles. The van der Waals surface area contributed by atoms with Crippen molar-refractivity contribution in [1.82, 2.24) is 0 Å². The Bertz CT molecular complexity index is 600. The zero-order valence-corrected chi connectivity index (χ0v) is 13.9. The van der Waals surface area contributed by atoms with E-state index in [1.807, 2.05) is 12.1 Å². The molecule has 122 valence electrons. The van der Waals surface area contributed by atoms with Crippen LogP contribution in [0.25, 0.3) is 0 Å². The van der Waals surface area contributed by atoms with E-state index in [4.69, 9.17) is 4.74 Å². The average molecular weight is 312 g/mol. The fourth-order valence-corrected chi connectivity index (χ4v) is 2.39. The SMILES string of the molecule is CCCCCCc1ccc(Oc2ccc(C(=O)OC)cc2)cc1. The number of carbonyl (C=O) groups excluding carboxylic acids is 1. The number of benzene rings is 2. The van der Waals surface area contributed by atoms with Crippen LogP contribution >= 0.6 is 0 Å². The highest BCUT2D eigenvalue weighted by Gasteiger charge is 2.05. The van der Waals surface area contributed by atoms with Gasteiger partial charge in [0.15, 0.2) is 0 Å². The first-order chi connectivity index (χ1) is 11.2. The number of methoxy groups -OCH3 is 1. The summed E-state index contributed by atoms with van der Waals surface area (Å²) in [6, 6.07) is 15.1. The Morgan fingerprint density at radius 1 is 0.870 bits per heavy atom. The van der Waals surface area contributed by atoms with E-state index in [0.717, 1.165) is 12.2 Å². The third kappa shape index (κ3) is 5.44. The molecule has 0 unspecified atom stereocenters. The number of hydrogen-bond acceptors (Lipinski definition) is 3. The first-order valence-corrected chi connectivity index (χ1v) is 8.18. The molecule has 2 aromatic rings. The first-order valence-electron chi connectivity index (χ1n) is 8.18. The Balaban J connectivity index is 1.89. The van der Waals surface area contributed by atoms with Gasteiger partial charge in [0, 0.05) is 0 Å². The molecule has 0 heterocycles. The van der Waals surface area contributed by atoms with E-state index in [1.54, 1.807) is 24.3 Å². The van der Waals surface area contributed by atoms with Gasteiger partial charge in [0.05, 0.1) is 12.7 Å². The fraction of sp³-hybridized carbons (Fsp3) is 0.350. The van der Waals surface area contributed by atoms with Crippen molar-refractivity contribution in [3.63, 3.8) is 0 Å². The van der Waals surface area contributed by atoms with Crippen LogP contribution in [0.15, 0.2) is 48.5 Å². The van der Waals surface area contributed by atoms with Crippen LogP contribution < -0.4 is 4.74 Å². The van der Waals surface area contributed by atoms with E-state index in [2.05, 4.69) is 23.8 Å². The Morgan fingerprint density at radius 2 is 1.48 bits per heavy atom. The molecule has 0 amide bonds. The van der Waals surface area contributed by atoms with Gasteiger partial charge in [0.25, 0.3) is 0 Å². The molecular formula is C20H24O3. The minimum Gasteiger partial charge on any atom is -0.465 e. The first kappa shape index (κ1) is 17.1. The minimum absolute atomic E-state index is 0.344. The summed E-state index contributed by atoms with van der Waals surface area (Å²) in [4.78, 5) is 11.4. The number of hydrogen-bond donors (Lipinski definition) is 0. The number of unbranched alkanes of at least 4 members (excludes halogenated alkanes) is 3. The molecule has 0 N–H and O–H groups in total. The molecule has 0 fully saturated rings. The molecule has 0 saturated heterocycles. The zero-order chi connectivity index (χ0) is 16.5. The van der Waals surface area contributed by atoms with Gasteiger partial charge in [0.2, 0.25) is 0 Å². The lowest BCUT2D eigenvalue weighted by Crippen LogP contribution is -2.00. The van der Waals surface area contributed by atoms with Gasteiger partial charge in [-0.2, -0.15) is 0 Å². The van der Waals surface area contributed by atoms with Crippen molar-refractivity contribution < 1.29 is 14.3 Å². The van der Waals surface area contributed by atoms with E-state index >= 15 is 0 Å². The van der Waals surface area contributed by atoms with Crippen molar-refractivity contribution in [2.24, 2.45) is 0 Å². The topological polar surface area (TPSA) is 35.5 Å². The van der Waals surface area contributed by atoms with Gasteiger partial charge < -0.3 is 9.47 Å². The summed E-state index contributed by atoms with van der Waals surface area (Å²) in [6.45, 7) is 2.23. The van der Waals surface area contributed by atoms with Crippen molar-refractivity contribution >= 4 is 5.97 Å². The number of rotatable bonds is 8. The predicted octanol–water partition coefficient (Wildman–Crippen LogP) is 5.39. The molecule has 0 aliphatic rings. The Morgan fingerprint density at radius 3 is 2.04 bits per heavy atom. The Hall–Kier alpha value is -2.29. The maximum atomic E-state index is 11.4. The molecule has 0 radical (unpaired) electrons. The van der Waals surface area contributed by atoms with Gasteiger partial charge in [-0.15, -0.1) is 0 Å². The van der Waals surface area contributed by atoms with Crippen molar-refractivity contribution in [3.8, 4) is 11.5 Å². The third-order valence-electron chi connectivity index (χ3n) is 3.75.